The number of hydrazone groups is 1. The van der Waals surface area contributed by atoms with Crippen molar-refractivity contribution in [3.63, 3.8) is 0 Å². The fourth-order valence-electron chi connectivity index (χ4n) is 2.84. The van der Waals surface area contributed by atoms with Gasteiger partial charge in [0.05, 0.1) is 12.8 Å². The van der Waals surface area contributed by atoms with Crippen LogP contribution in [0.1, 0.15) is 27.9 Å². The summed E-state index contributed by atoms with van der Waals surface area (Å²) in [5, 5.41) is 13.7. The molecule has 6 nitrogen and oxygen atoms in total. The lowest BCUT2D eigenvalue weighted by Crippen LogP contribution is -2.04. The minimum atomic E-state index is -0.285. The minimum Gasteiger partial charge on any atom is -0.488 e. The number of aromatic nitrogens is 1. The maximum absolute atomic E-state index is 13.0. The summed E-state index contributed by atoms with van der Waals surface area (Å²) in [5.74, 6) is 0.711. The molecule has 0 aliphatic rings. The zero-order valence-corrected chi connectivity index (χ0v) is 16.7. The van der Waals surface area contributed by atoms with Crippen LogP contribution in [0.4, 0.5) is 10.2 Å². The third-order valence-electron chi connectivity index (χ3n) is 4.24. The number of aryl methyl sites for hydroxylation is 1. The molecule has 3 rings (SSSR count). The molecule has 30 heavy (non-hydrogen) atoms. The number of nitriles is 1. The number of para-hydroxylation sites is 1. The maximum Gasteiger partial charge on any atom is 0.164 e. The lowest BCUT2D eigenvalue weighted by Gasteiger charge is -2.10. The molecular formula is C23H21FN4O2. The highest BCUT2D eigenvalue weighted by molar-refractivity contribution is 5.84. The maximum atomic E-state index is 13.0. The highest BCUT2D eigenvalue weighted by atomic mass is 19.1. The molecule has 0 aliphatic heterocycles. The molecule has 0 bridgehead atoms. The predicted molar refractivity (Wildman–Crippen MR) is 113 cm³/mol. The number of ether oxygens (including phenoxy) is 2. The predicted octanol–water partition coefficient (Wildman–Crippen LogP) is 4.57. The molecule has 0 amide bonds. The zero-order valence-electron chi connectivity index (χ0n) is 16.7. The first kappa shape index (κ1) is 21.0. The first-order valence-electron chi connectivity index (χ1n) is 9.25. The van der Waals surface area contributed by atoms with Gasteiger partial charge in [0.2, 0.25) is 0 Å². The Labute approximate surface area is 174 Å². The van der Waals surface area contributed by atoms with Crippen LogP contribution in [0.25, 0.3) is 0 Å². The van der Waals surface area contributed by atoms with Gasteiger partial charge in [-0.2, -0.15) is 10.4 Å². The molecule has 0 radical (unpaired) electrons. The van der Waals surface area contributed by atoms with Crippen molar-refractivity contribution in [2.24, 2.45) is 5.10 Å². The van der Waals surface area contributed by atoms with Crippen LogP contribution in [0.3, 0.4) is 0 Å². The van der Waals surface area contributed by atoms with E-state index in [1.165, 1.54) is 12.1 Å². The van der Waals surface area contributed by atoms with Crippen LogP contribution in [0.2, 0.25) is 0 Å². The van der Waals surface area contributed by atoms with E-state index in [9.17, 15) is 9.65 Å². The van der Waals surface area contributed by atoms with E-state index in [0.29, 0.717) is 30.3 Å². The van der Waals surface area contributed by atoms with Gasteiger partial charge in [0, 0.05) is 23.9 Å². The van der Waals surface area contributed by atoms with Crippen LogP contribution in [0, 0.1) is 24.1 Å². The van der Waals surface area contributed by atoms with E-state index in [1.807, 2.05) is 37.3 Å². The average Bonchev–Trinajstić information content (AvgIpc) is 2.74. The summed E-state index contributed by atoms with van der Waals surface area (Å²) in [7, 11) is 1.57. The Hall–Kier alpha value is -3.76. The summed E-state index contributed by atoms with van der Waals surface area (Å²) >= 11 is 0. The van der Waals surface area contributed by atoms with Crippen molar-refractivity contribution in [2.45, 2.75) is 20.1 Å². The van der Waals surface area contributed by atoms with E-state index in [4.69, 9.17) is 9.47 Å². The molecule has 1 aromatic heterocycles. The quantitative estimate of drug-likeness (QED) is 0.439. The van der Waals surface area contributed by atoms with E-state index >= 15 is 0 Å². The summed E-state index contributed by atoms with van der Waals surface area (Å²) in [6.07, 6.45) is 1.60. The van der Waals surface area contributed by atoms with Gasteiger partial charge < -0.3 is 9.47 Å². The minimum absolute atomic E-state index is 0.285. The third-order valence-corrected chi connectivity index (χ3v) is 4.24. The molecular weight excluding hydrogens is 383 g/mol. The molecule has 7 heteroatoms. The summed E-state index contributed by atoms with van der Waals surface area (Å²) < 4.78 is 24.1. The molecule has 152 valence electrons. The summed E-state index contributed by atoms with van der Waals surface area (Å²) in [5.41, 5.74) is 6.33. The van der Waals surface area contributed by atoms with Gasteiger partial charge in [0.1, 0.15) is 29.8 Å². The van der Waals surface area contributed by atoms with Crippen LogP contribution >= 0.6 is 0 Å². The number of hydrogen-bond donors (Lipinski definition) is 1. The van der Waals surface area contributed by atoms with Crippen molar-refractivity contribution in [3.8, 4) is 11.8 Å². The van der Waals surface area contributed by atoms with Crippen molar-refractivity contribution in [2.75, 3.05) is 12.5 Å². The Morgan fingerprint density at radius 3 is 2.67 bits per heavy atom. The normalized spacial score (nSPS) is 10.7. The van der Waals surface area contributed by atoms with Crippen LogP contribution in [0.5, 0.6) is 5.75 Å². The van der Waals surface area contributed by atoms with E-state index in [2.05, 4.69) is 21.6 Å². The van der Waals surface area contributed by atoms with Crippen molar-refractivity contribution >= 4 is 12.0 Å². The van der Waals surface area contributed by atoms with Crippen molar-refractivity contribution in [1.82, 2.24) is 4.98 Å². The first-order valence-corrected chi connectivity index (χ1v) is 9.25. The largest absolute Gasteiger partial charge is 0.488 e. The molecule has 0 aliphatic carbocycles. The molecule has 0 saturated carbocycles. The number of halogens is 1. The fourth-order valence-corrected chi connectivity index (χ4v) is 2.84. The highest BCUT2D eigenvalue weighted by Crippen LogP contribution is 2.20. The number of nitrogens with zero attached hydrogens (tertiary/aromatic N) is 3. The molecule has 1 heterocycles. The number of rotatable bonds is 8. The smallest absolute Gasteiger partial charge is 0.164 e. The van der Waals surface area contributed by atoms with Crippen LogP contribution in [-0.4, -0.2) is 18.3 Å². The number of methoxy groups -OCH3 is 1. The van der Waals surface area contributed by atoms with Crippen LogP contribution in [0.15, 0.2) is 59.7 Å². The van der Waals surface area contributed by atoms with Crippen molar-refractivity contribution in [3.05, 3.63) is 88.4 Å². The third kappa shape index (κ3) is 5.40. The molecule has 0 fully saturated rings. The molecule has 0 atom stereocenters. The van der Waals surface area contributed by atoms with E-state index in [-0.39, 0.29) is 5.82 Å². The van der Waals surface area contributed by atoms with Crippen LogP contribution in [-0.2, 0) is 18.0 Å². The lowest BCUT2D eigenvalue weighted by molar-refractivity contribution is 0.184. The average molecular weight is 404 g/mol. The topological polar surface area (TPSA) is 79.5 Å². The van der Waals surface area contributed by atoms with E-state index < -0.39 is 0 Å². The summed E-state index contributed by atoms with van der Waals surface area (Å²) in [6.45, 7) is 2.45. The SMILES string of the molecule is COCc1cc(C)nc(N/N=C\c2ccccc2OCc2ccc(F)cc2)c1C#N. The second-order valence-corrected chi connectivity index (χ2v) is 6.51. The molecule has 0 saturated heterocycles. The Balaban J connectivity index is 1.74. The number of benzene rings is 2. The van der Waals surface area contributed by atoms with Gasteiger partial charge in [-0.3, -0.25) is 5.43 Å². The monoisotopic (exact) mass is 404 g/mol. The van der Waals surface area contributed by atoms with Gasteiger partial charge in [0.15, 0.2) is 5.82 Å². The lowest BCUT2D eigenvalue weighted by atomic mass is 10.1. The summed E-state index contributed by atoms with van der Waals surface area (Å²) in [6, 6.07) is 17.5. The Morgan fingerprint density at radius 2 is 1.93 bits per heavy atom. The number of hydrogen-bond acceptors (Lipinski definition) is 6. The second kappa shape index (κ2) is 10.1. The van der Waals surface area contributed by atoms with Crippen molar-refractivity contribution in [1.29, 1.82) is 5.26 Å². The molecule has 0 spiro atoms. The Bertz CT molecular complexity index is 1080. The highest BCUT2D eigenvalue weighted by Gasteiger charge is 2.11. The second-order valence-electron chi connectivity index (χ2n) is 6.51. The van der Waals surface area contributed by atoms with E-state index in [1.54, 1.807) is 25.5 Å². The molecule has 2 aromatic carbocycles. The standard InChI is InChI=1S/C23H21FN4O2/c1-16-11-19(15-29-2)21(12-25)23(27-16)28-26-13-18-5-3-4-6-22(18)30-14-17-7-9-20(24)10-8-17/h3-11,13H,14-15H2,1-2H3,(H,27,28)/b26-13-. The summed E-state index contributed by atoms with van der Waals surface area (Å²) in [4.78, 5) is 4.36. The van der Waals surface area contributed by atoms with Gasteiger partial charge in [-0.1, -0.05) is 24.3 Å². The van der Waals surface area contributed by atoms with Gasteiger partial charge >= 0.3 is 0 Å². The van der Waals surface area contributed by atoms with Gasteiger partial charge in [-0.05, 0) is 42.8 Å². The van der Waals surface area contributed by atoms with E-state index in [0.717, 1.165) is 22.4 Å². The fraction of sp³-hybridized carbons (Fsp3) is 0.174. The van der Waals surface area contributed by atoms with Crippen LogP contribution < -0.4 is 10.2 Å². The van der Waals surface area contributed by atoms with Gasteiger partial charge in [-0.25, -0.2) is 9.37 Å². The molecule has 3 aromatic rings. The zero-order chi connectivity index (χ0) is 21.3. The number of pyridine rings is 1. The van der Waals surface area contributed by atoms with Gasteiger partial charge in [-0.15, -0.1) is 0 Å². The van der Waals surface area contributed by atoms with Crippen molar-refractivity contribution < 1.29 is 13.9 Å². The Kier molecular flexibility index (Phi) is 7.09. The first-order chi connectivity index (χ1) is 14.6. The number of nitrogens with one attached hydrogen (secondary N) is 1. The Morgan fingerprint density at radius 1 is 1.17 bits per heavy atom. The van der Waals surface area contributed by atoms with Gasteiger partial charge in [0.25, 0.3) is 0 Å². The molecule has 0 unspecified atom stereocenters. The molecule has 1 N–H and O–H groups in total. The number of anilines is 1.